The fourth-order valence-corrected chi connectivity index (χ4v) is 2.40. The quantitative estimate of drug-likeness (QED) is 0.632. The van der Waals surface area contributed by atoms with Crippen LogP contribution in [-0.2, 0) is 11.4 Å². The summed E-state index contributed by atoms with van der Waals surface area (Å²) >= 11 is 6.28. The summed E-state index contributed by atoms with van der Waals surface area (Å²) in [5, 5.41) is 9.23. The zero-order valence-electron chi connectivity index (χ0n) is 13.9. The fraction of sp³-hybridized carbons (Fsp3) is 0.158. The van der Waals surface area contributed by atoms with E-state index < -0.39 is 5.91 Å². The zero-order valence-corrected chi connectivity index (χ0v) is 14.6. The highest BCUT2D eigenvalue weighted by atomic mass is 35.5. The molecule has 0 atom stereocenters. The van der Waals surface area contributed by atoms with Gasteiger partial charge < -0.3 is 15.2 Å². The van der Waals surface area contributed by atoms with Crippen LogP contribution >= 0.6 is 11.6 Å². The third-order valence-corrected chi connectivity index (χ3v) is 3.73. The van der Waals surface area contributed by atoms with Gasteiger partial charge in [-0.2, -0.15) is 5.26 Å². The van der Waals surface area contributed by atoms with Crippen LogP contribution in [0.25, 0.3) is 6.08 Å². The Hall–Kier alpha value is -2.97. The summed E-state index contributed by atoms with van der Waals surface area (Å²) in [6, 6.07) is 12.9. The topological polar surface area (TPSA) is 85.3 Å². The molecule has 0 saturated heterocycles. The Balaban J connectivity index is 2.29. The van der Waals surface area contributed by atoms with Crippen LogP contribution in [0.5, 0.6) is 11.5 Å². The third kappa shape index (κ3) is 4.75. The maximum absolute atomic E-state index is 11.2. The molecule has 0 aromatic heterocycles. The van der Waals surface area contributed by atoms with Crippen molar-refractivity contribution >= 4 is 23.6 Å². The Kier molecular flexibility index (Phi) is 6.04. The van der Waals surface area contributed by atoms with Crippen molar-refractivity contribution in [2.24, 2.45) is 5.73 Å². The van der Waals surface area contributed by atoms with Crippen LogP contribution < -0.4 is 15.2 Å². The molecule has 0 spiro atoms. The van der Waals surface area contributed by atoms with Crippen molar-refractivity contribution in [3.05, 3.63) is 63.7 Å². The number of nitriles is 1. The summed E-state index contributed by atoms with van der Waals surface area (Å²) in [4.78, 5) is 11.2. The highest BCUT2D eigenvalue weighted by Gasteiger charge is 2.13. The van der Waals surface area contributed by atoms with Gasteiger partial charge in [-0.05, 0) is 36.3 Å². The first-order valence-corrected chi connectivity index (χ1v) is 7.80. The van der Waals surface area contributed by atoms with E-state index in [0.29, 0.717) is 28.7 Å². The Labute approximate surface area is 151 Å². The molecule has 1 amide bonds. The van der Waals surface area contributed by atoms with Crippen LogP contribution in [0.2, 0.25) is 5.02 Å². The number of nitrogens with two attached hydrogens (primary N) is 1. The molecule has 0 aliphatic carbocycles. The van der Waals surface area contributed by atoms with E-state index >= 15 is 0 Å². The van der Waals surface area contributed by atoms with Gasteiger partial charge in [0.15, 0.2) is 11.5 Å². The molecule has 0 radical (unpaired) electrons. The van der Waals surface area contributed by atoms with Gasteiger partial charge in [-0.25, -0.2) is 0 Å². The molecule has 2 aromatic carbocycles. The maximum Gasteiger partial charge on any atom is 0.259 e. The van der Waals surface area contributed by atoms with Gasteiger partial charge in [-0.15, -0.1) is 0 Å². The number of aryl methyl sites for hydroxylation is 1. The average Bonchev–Trinajstić information content (AvgIpc) is 2.59. The van der Waals surface area contributed by atoms with Crippen molar-refractivity contribution in [3.8, 4) is 17.6 Å². The number of methoxy groups -OCH3 is 1. The van der Waals surface area contributed by atoms with Crippen molar-refractivity contribution < 1.29 is 14.3 Å². The Morgan fingerprint density at radius 1 is 1.32 bits per heavy atom. The maximum atomic E-state index is 11.2. The number of rotatable bonds is 6. The minimum Gasteiger partial charge on any atom is -0.493 e. The van der Waals surface area contributed by atoms with E-state index in [1.165, 1.54) is 18.7 Å². The molecule has 0 aliphatic rings. The summed E-state index contributed by atoms with van der Waals surface area (Å²) in [7, 11) is 1.48. The lowest BCUT2D eigenvalue weighted by Gasteiger charge is -2.13. The molecule has 5 nitrogen and oxygen atoms in total. The van der Waals surface area contributed by atoms with E-state index in [0.717, 1.165) is 5.56 Å². The molecule has 0 aliphatic heterocycles. The normalized spacial score (nSPS) is 10.9. The van der Waals surface area contributed by atoms with E-state index in [1.807, 2.05) is 31.2 Å². The number of carbonyl (C=O) groups is 1. The Morgan fingerprint density at radius 3 is 2.56 bits per heavy atom. The summed E-state index contributed by atoms with van der Waals surface area (Å²) in [6.45, 7) is 2.34. The predicted octanol–water partition coefficient (Wildman–Crippen LogP) is 3.63. The Morgan fingerprint density at radius 2 is 2.00 bits per heavy atom. The molecule has 25 heavy (non-hydrogen) atoms. The number of amides is 1. The minimum atomic E-state index is -0.808. The summed E-state index contributed by atoms with van der Waals surface area (Å²) in [6.07, 6.45) is 1.35. The number of ether oxygens (including phenoxy) is 2. The average molecular weight is 357 g/mol. The minimum absolute atomic E-state index is 0.175. The second-order valence-electron chi connectivity index (χ2n) is 5.34. The predicted molar refractivity (Wildman–Crippen MR) is 96.3 cm³/mol. The summed E-state index contributed by atoms with van der Waals surface area (Å²) < 4.78 is 11.1. The molecule has 2 N–H and O–H groups in total. The second kappa shape index (κ2) is 8.22. The molecule has 2 aromatic rings. The van der Waals surface area contributed by atoms with E-state index in [-0.39, 0.29) is 5.57 Å². The van der Waals surface area contributed by atoms with Crippen molar-refractivity contribution in [1.82, 2.24) is 0 Å². The molecule has 0 unspecified atom stereocenters. The fourth-order valence-electron chi connectivity index (χ4n) is 2.13. The van der Waals surface area contributed by atoms with Crippen LogP contribution in [-0.4, -0.2) is 13.0 Å². The third-order valence-electron chi connectivity index (χ3n) is 3.45. The first-order chi connectivity index (χ1) is 11.9. The first-order valence-electron chi connectivity index (χ1n) is 7.42. The standard InChI is InChI=1S/C19H17ClN2O3/c1-12-3-5-13(6-4-12)11-25-18-16(20)8-14(9-17(18)24-2)7-15(10-21)19(22)23/h3-9H,11H2,1-2H3,(H2,22,23)/b15-7+. The smallest absolute Gasteiger partial charge is 0.259 e. The second-order valence-corrected chi connectivity index (χ2v) is 5.75. The van der Waals surface area contributed by atoms with E-state index in [9.17, 15) is 4.79 Å². The van der Waals surface area contributed by atoms with Gasteiger partial charge >= 0.3 is 0 Å². The number of primary amides is 1. The van der Waals surface area contributed by atoms with E-state index in [2.05, 4.69) is 0 Å². The Bertz CT molecular complexity index is 852. The highest BCUT2D eigenvalue weighted by Crippen LogP contribution is 2.37. The number of nitrogens with zero attached hydrogens (tertiary/aromatic N) is 1. The van der Waals surface area contributed by atoms with Crippen LogP contribution in [0, 0.1) is 18.3 Å². The monoisotopic (exact) mass is 356 g/mol. The molecule has 6 heteroatoms. The number of hydrogen-bond donors (Lipinski definition) is 1. The van der Waals surface area contributed by atoms with Gasteiger partial charge in [0.2, 0.25) is 0 Å². The van der Waals surface area contributed by atoms with Gasteiger partial charge in [-0.1, -0.05) is 41.4 Å². The van der Waals surface area contributed by atoms with Crippen molar-refractivity contribution in [2.75, 3.05) is 7.11 Å². The molecule has 0 heterocycles. The van der Waals surface area contributed by atoms with Gasteiger partial charge in [0.25, 0.3) is 5.91 Å². The highest BCUT2D eigenvalue weighted by molar-refractivity contribution is 6.32. The van der Waals surface area contributed by atoms with Gasteiger partial charge in [0, 0.05) is 0 Å². The van der Waals surface area contributed by atoms with Crippen molar-refractivity contribution in [1.29, 1.82) is 5.26 Å². The van der Waals surface area contributed by atoms with Crippen molar-refractivity contribution in [2.45, 2.75) is 13.5 Å². The largest absolute Gasteiger partial charge is 0.493 e. The lowest BCUT2D eigenvalue weighted by atomic mass is 10.1. The molecule has 0 saturated carbocycles. The number of halogens is 1. The van der Waals surface area contributed by atoms with Crippen LogP contribution in [0.1, 0.15) is 16.7 Å². The van der Waals surface area contributed by atoms with Crippen LogP contribution in [0.3, 0.4) is 0 Å². The summed E-state index contributed by atoms with van der Waals surface area (Å²) in [5.74, 6) is -0.0237. The molecule has 128 valence electrons. The van der Waals surface area contributed by atoms with Gasteiger partial charge in [-0.3, -0.25) is 4.79 Å². The zero-order chi connectivity index (χ0) is 18.4. The van der Waals surface area contributed by atoms with Crippen LogP contribution in [0.4, 0.5) is 0 Å². The molecule has 2 rings (SSSR count). The molecular formula is C19H17ClN2O3. The lowest BCUT2D eigenvalue weighted by Crippen LogP contribution is -2.12. The number of carbonyl (C=O) groups excluding carboxylic acids is 1. The van der Waals surface area contributed by atoms with Crippen molar-refractivity contribution in [3.63, 3.8) is 0 Å². The SMILES string of the molecule is COc1cc(/C=C(\C#N)C(N)=O)cc(Cl)c1OCc1ccc(C)cc1. The summed E-state index contributed by atoms with van der Waals surface area (Å²) in [5.41, 5.74) is 7.64. The van der Waals surface area contributed by atoms with Gasteiger partial charge in [0.1, 0.15) is 18.2 Å². The van der Waals surface area contributed by atoms with E-state index in [1.54, 1.807) is 18.2 Å². The number of hydrogen-bond acceptors (Lipinski definition) is 4. The molecular weight excluding hydrogens is 340 g/mol. The molecule has 0 bridgehead atoms. The van der Waals surface area contributed by atoms with E-state index in [4.69, 9.17) is 32.1 Å². The van der Waals surface area contributed by atoms with Gasteiger partial charge in [0.05, 0.1) is 12.1 Å². The van der Waals surface area contributed by atoms with Crippen LogP contribution in [0.15, 0.2) is 42.0 Å². The lowest BCUT2D eigenvalue weighted by molar-refractivity contribution is -0.114. The first kappa shape index (κ1) is 18.4. The molecule has 0 fully saturated rings. The number of benzene rings is 2.